The van der Waals surface area contributed by atoms with E-state index in [1.165, 1.54) is 6.07 Å². The van der Waals surface area contributed by atoms with Crippen LogP contribution >= 0.6 is 38.5 Å². The number of rotatable bonds is 1. The molecule has 1 heterocycles. The van der Waals surface area contributed by atoms with E-state index in [4.69, 9.17) is 5.73 Å². The zero-order chi connectivity index (χ0) is 14.4. The number of aryl methyl sites for hydroxylation is 1. The normalized spacial score (nSPS) is 11.2. The highest BCUT2D eigenvalue weighted by Crippen LogP contribution is 2.28. The number of hydrogen-bond donors (Lipinski definition) is 1. The van der Waals surface area contributed by atoms with E-state index in [0.29, 0.717) is 20.6 Å². The van der Waals surface area contributed by atoms with Crippen LogP contribution < -0.4 is 5.73 Å². The summed E-state index contributed by atoms with van der Waals surface area (Å²) in [6.07, 6.45) is 0. The Kier molecular flexibility index (Phi) is 3.45. The first-order valence-electron chi connectivity index (χ1n) is 5.86. The van der Waals surface area contributed by atoms with Gasteiger partial charge in [-0.15, -0.1) is 0 Å². The Morgan fingerprint density at radius 3 is 2.70 bits per heavy atom. The van der Waals surface area contributed by atoms with Gasteiger partial charge in [-0.05, 0) is 59.3 Å². The van der Waals surface area contributed by atoms with Gasteiger partial charge in [-0.25, -0.2) is 9.37 Å². The number of aromatic nitrogens is 2. The standard InChI is InChI=1S/C14H10BrFIN3/c1-7-2-8(15)4-9(3-7)20-13-5-10(16)11(17)6-12(13)19-14(20)18/h2-6H,1H3,(H2,18,19). The third kappa shape index (κ3) is 2.31. The van der Waals surface area contributed by atoms with E-state index in [1.807, 2.05) is 47.7 Å². The summed E-state index contributed by atoms with van der Waals surface area (Å²) in [4.78, 5) is 4.30. The Bertz CT molecular complexity index is 809. The van der Waals surface area contributed by atoms with E-state index in [2.05, 4.69) is 20.9 Å². The van der Waals surface area contributed by atoms with Crippen LogP contribution in [0.3, 0.4) is 0 Å². The molecule has 2 aromatic carbocycles. The number of anilines is 1. The van der Waals surface area contributed by atoms with Crippen molar-refractivity contribution in [2.24, 2.45) is 0 Å². The summed E-state index contributed by atoms with van der Waals surface area (Å²) >= 11 is 5.41. The molecule has 3 nitrogen and oxygen atoms in total. The summed E-state index contributed by atoms with van der Waals surface area (Å²) in [7, 11) is 0. The van der Waals surface area contributed by atoms with Crippen LogP contribution in [0.5, 0.6) is 0 Å². The van der Waals surface area contributed by atoms with Crippen molar-refractivity contribution >= 4 is 55.5 Å². The summed E-state index contributed by atoms with van der Waals surface area (Å²) in [6, 6.07) is 9.08. The van der Waals surface area contributed by atoms with E-state index in [1.54, 1.807) is 10.6 Å². The largest absolute Gasteiger partial charge is 0.369 e. The molecule has 0 spiro atoms. The van der Waals surface area contributed by atoms with Crippen molar-refractivity contribution in [3.8, 4) is 5.69 Å². The molecule has 2 N–H and O–H groups in total. The maximum atomic E-state index is 13.8. The molecular formula is C14H10BrFIN3. The zero-order valence-corrected chi connectivity index (χ0v) is 14.2. The summed E-state index contributed by atoms with van der Waals surface area (Å²) in [6.45, 7) is 1.99. The number of imidazole rings is 1. The highest BCUT2D eigenvalue weighted by atomic mass is 127. The first-order valence-corrected chi connectivity index (χ1v) is 7.73. The van der Waals surface area contributed by atoms with Crippen LogP contribution in [0, 0.1) is 16.3 Å². The first kappa shape index (κ1) is 13.8. The lowest BCUT2D eigenvalue weighted by molar-refractivity contribution is 0.622. The average molecular weight is 446 g/mol. The minimum absolute atomic E-state index is 0.272. The van der Waals surface area contributed by atoms with Gasteiger partial charge in [-0.3, -0.25) is 4.57 Å². The molecule has 0 saturated heterocycles. The fourth-order valence-electron chi connectivity index (χ4n) is 2.21. The van der Waals surface area contributed by atoms with Crippen molar-refractivity contribution in [3.63, 3.8) is 0 Å². The van der Waals surface area contributed by atoms with E-state index in [-0.39, 0.29) is 5.82 Å². The maximum absolute atomic E-state index is 13.8. The fraction of sp³-hybridized carbons (Fsp3) is 0.0714. The average Bonchev–Trinajstić information content (AvgIpc) is 2.64. The molecule has 0 saturated carbocycles. The van der Waals surface area contributed by atoms with Gasteiger partial charge in [-0.1, -0.05) is 15.9 Å². The van der Waals surface area contributed by atoms with Gasteiger partial charge in [-0.2, -0.15) is 0 Å². The molecule has 3 aromatic rings. The van der Waals surface area contributed by atoms with Gasteiger partial charge in [0.15, 0.2) is 0 Å². The van der Waals surface area contributed by atoms with E-state index >= 15 is 0 Å². The maximum Gasteiger partial charge on any atom is 0.205 e. The SMILES string of the molecule is Cc1cc(Br)cc(-n2c(N)nc3cc(I)c(F)cc32)c1. The summed E-state index contributed by atoms with van der Waals surface area (Å²) in [5, 5.41) is 0. The van der Waals surface area contributed by atoms with Gasteiger partial charge in [0.25, 0.3) is 0 Å². The molecular weight excluding hydrogens is 436 g/mol. The van der Waals surface area contributed by atoms with Crippen molar-refractivity contribution in [1.29, 1.82) is 0 Å². The third-order valence-electron chi connectivity index (χ3n) is 3.01. The van der Waals surface area contributed by atoms with Crippen LogP contribution in [-0.4, -0.2) is 9.55 Å². The molecule has 0 amide bonds. The highest BCUT2D eigenvalue weighted by molar-refractivity contribution is 14.1. The second-order valence-corrected chi connectivity index (χ2v) is 6.63. The number of nitrogens with zero attached hydrogens (tertiary/aromatic N) is 2. The zero-order valence-electron chi connectivity index (χ0n) is 10.5. The van der Waals surface area contributed by atoms with Crippen molar-refractivity contribution in [3.05, 3.63) is 49.8 Å². The van der Waals surface area contributed by atoms with Crippen molar-refractivity contribution in [1.82, 2.24) is 9.55 Å². The van der Waals surface area contributed by atoms with E-state index in [0.717, 1.165) is 15.7 Å². The molecule has 0 aliphatic carbocycles. The number of benzene rings is 2. The van der Waals surface area contributed by atoms with Crippen LogP contribution in [-0.2, 0) is 0 Å². The Morgan fingerprint density at radius 1 is 1.25 bits per heavy atom. The molecule has 3 rings (SSSR count). The molecule has 0 unspecified atom stereocenters. The molecule has 6 heteroatoms. The Morgan fingerprint density at radius 2 is 2.00 bits per heavy atom. The lowest BCUT2D eigenvalue weighted by Gasteiger charge is -2.08. The fourth-order valence-corrected chi connectivity index (χ4v) is 3.26. The smallest absolute Gasteiger partial charge is 0.205 e. The summed E-state index contributed by atoms with van der Waals surface area (Å²) in [5.74, 6) is 0.0740. The lowest BCUT2D eigenvalue weighted by atomic mass is 10.2. The number of fused-ring (bicyclic) bond motifs is 1. The van der Waals surface area contributed by atoms with Gasteiger partial charge in [0.1, 0.15) is 5.82 Å². The Balaban J connectivity index is 2.35. The van der Waals surface area contributed by atoms with E-state index in [9.17, 15) is 4.39 Å². The van der Waals surface area contributed by atoms with Crippen LogP contribution in [0.15, 0.2) is 34.8 Å². The molecule has 0 aliphatic rings. The Labute approximate surface area is 137 Å². The van der Waals surface area contributed by atoms with Gasteiger partial charge in [0.2, 0.25) is 5.95 Å². The second kappa shape index (κ2) is 5.00. The minimum atomic E-state index is -0.272. The third-order valence-corrected chi connectivity index (χ3v) is 4.29. The topological polar surface area (TPSA) is 43.8 Å². The van der Waals surface area contributed by atoms with Crippen LogP contribution in [0.25, 0.3) is 16.7 Å². The number of nitrogen functional groups attached to an aromatic ring is 1. The van der Waals surface area contributed by atoms with Gasteiger partial charge in [0.05, 0.1) is 20.3 Å². The predicted octanol–water partition coefficient (Wildman–Crippen LogP) is 4.42. The first-order chi connectivity index (χ1) is 9.45. The summed E-state index contributed by atoms with van der Waals surface area (Å²) in [5.41, 5.74) is 9.29. The van der Waals surface area contributed by atoms with E-state index < -0.39 is 0 Å². The molecule has 0 aliphatic heterocycles. The molecule has 0 radical (unpaired) electrons. The molecule has 0 bridgehead atoms. The highest BCUT2D eigenvalue weighted by Gasteiger charge is 2.13. The Hall–Kier alpha value is -1.15. The van der Waals surface area contributed by atoms with Crippen LogP contribution in [0.1, 0.15) is 5.56 Å². The van der Waals surface area contributed by atoms with Crippen molar-refractivity contribution in [2.45, 2.75) is 6.92 Å². The molecule has 102 valence electrons. The second-order valence-electron chi connectivity index (χ2n) is 4.55. The van der Waals surface area contributed by atoms with Gasteiger partial charge < -0.3 is 5.73 Å². The van der Waals surface area contributed by atoms with Gasteiger partial charge >= 0.3 is 0 Å². The van der Waals surface area contributed by atoms with Crippen molar-refractivity contribution in [2.75, 3.05) is 5.73 Å². The van der Waals surface area contributed by atoms with Crippen molar-refractivity contribution < 1.29 is 4.39 Å². The minimum Gasteiger partial charge on any atom is -0.369 e. The lowest BCUT2D eigenvalue weighted by Crippen LogP contribution is -2.01. The number of hydrogen-bond acceptors (Lipinski definition) is 2. The van der Waals surface area contributed by atoms with Crippen LogP contribution in [0.2, 0.25) is 0 Å². The monoisotopic (exact) mass is 445 g/mol. The number of halogens is 3. The van der Waals surface area contributed by atoms with Crippen LogP contribution in [0.4, 0.5) is 10.3 Å². The molecule has 20 heavy (non-hydrogen) atoms. The molecule has 0 atom stereocenters. The van der Waals surface area contributed by atoms with Gasteiger partial charge in [0, 0.05) is 10.5 Å². The summed E-state index contributed by atoms with van der Waals surface area (Å²) < 4.78 is 17.0. The quantitative estimate of drug-likeness (QED) is 0.563. The predicted molar refractivity (Wildman–Crippen MR) is 90.6 cm³/mol. The molecule has 1 aromatic heterocycles. The molecule has 0 fully saturated rings. The number of nitrogens with two attached hydrogens (primary N) is 1.